The average Bonchev–Trinajstić information content (AvgIpc) is 3.16. The van der Waals surface area contributed by atoms with Gasteiger partial charge in [0, 0.05) is 31.8 Å². The van der Waals surface area contributed by atoms with Gasteiger partial charge in [0.2, 0.25) is 0 Å². The van der Waals surface area contributed by atoms with Crippen molar-refractivity contribution in [3.8, 4) is 5.75 Å². The van der Waals surface area contributed by atoms with Crippen molar-refractivity contribution in [2.24, 2.45) is 5.92 Å². The van der Waals surface area contributed by atoms with Crippen LogP contribution in [-0.2, 0) is 4.74 Å². The van der Waals surface area contributed by atoms with Crippen LogP contribution in [0.3, 0.4) is 0 Å². The second kappa shape index (κ2) is 7.33. The SMILES string of the molecule is COc1ccccc1Nc1ncccc1C(=O)N1CC[C@H]2OCC[C@H]2C1. The third-order valence-corrected chi connectivity index (χ3v) is 5.17. The molecular weight excluding hydrogens is 330 g/mol. The fraction of sp³-hybridized carbons (Fsp3) is 0.400. The number of anilines is 2. The van der Waals surface area contributed by atoms with Gasteiger partial charge in [0.05, 0.1) is 24.5 Å². The van der Waals surface area contributed by atoms with E-state index in [2.05, 4.69) is 10.3 Å². The van der Waals surface area contributed by atoms with E-state index in [0.717, 1.165) is 38.2 Å². The molecule has 2 aliphatic rings. The van der Waals surface area contributed by atoms with Crippen molar-refractivity contribution in [2.75, 3.05) is 32.1 Å². The van der Waals surface area contributed by atoms with E-state index < -0.39 is 0 Å². The van der Waals surface area contributed by atoms with Gasteiger partial charge < -0.3 is 19.7 Å². The predicted octanol–water partition coefficient (Wildman–Crippen LogP) is 3.08. The average molecular weight is 353 g/mol. The third-order valence-electron chi connectivity index (χ3n) is 5.17. The van der Waals surface area contributed by atoms with Crippen LogP contribution in [0.2, 0.25) is 0 Å². The number of pyridine rings is 1. The number of methoxy groups -OCH3 is 1. The summed E-state index contributed by atoms with van der Waals surface area (Å²) < 4.78 is 11.1. The molecule has 6 heteroatoms. The molecule has 1 N–H and O–H groups in total. The highest BCUT2D eigenvalue weighted by Gasteiger charge is 2.36. The molecule has 26 heavy (non-hydrogen) atoms. The van der Waals surface area contributed by atoms with Crippen molar-refractivity contribution in [1.29, 1.82) is 0 Å². The number of aromatic nitrogens is 1. The summed E-state index contributed by atoms with van der Waals surface area (Å²) in [6.45, 7) is 2.29. The number of likely N-dealkylation sites (tertiary alicyclic amines) is 1. The van der Waals surface area contributed by atoms with E-state index in [1.54, 1.807) is 19.4 Å². The summed E-state index contributed by atoms with van der Waals surface area (Å²) in [5.74, 6) is 1.73. The number of amides is 1. The van der Waals surface area contributed by atoms with E-state index in [9.17, 15) is 4.79 Å². The highest BCUT2D eigenvalue weighted by molar-refractivity contribution is 5.99. The Hall–Kier alpha value is -2.60. The summed E-state index contributed by atoms with van der Waals surface area (Å²) in [4.78, 5) is 19.5. The maximum absolute atomic E-state index is 13.1. The molecule has 1 amide bonds. The smallest absolute Gasteiger partial charge is 0.257 e. The fourth-order valence-corrected chi connectivity index (χ4v) is 3.79. The molecule has 0 spiro atoms. The van der Waals surface area contributed by atoms with Crippen LogP contribution < -0.4 is 10.1 Å². The molecule has 4 rings (SSSR count). The van der Waals surface area contributed by atoms with Crippen molar-refractivity contribution in [1.82, 2.24) is 9.88 Å². The molecule has 1 aromatic carbocycles. The first kappa shape index (κ1) is 16.8. The number of fused-ring (bicyclic) bond motifs is 1. The third kappa shape index (κ3) is 3.24. The number of hydrogen-bond donors (Lipinski definition) is 1. The van der Waals surface area contributed by atoms with Crippen molar-refractivity contribution in [3.63, 3.8) is 0 Å². The minimum atomic E-state index is 0.0147. The first-order chi connectivity index (χ1) is 12.8. The van der Waals surface area contributed by atoms with Crippen LogP contribution in [0.1, 0.15) is 23.2 Å². The zero-order valence-electron chi connectivity index (χ0n) is 14.9. The summed E-state index contributed by atoms with van der Waals surface area (Å²) in [5, 5.41) is 3.25. The second-order valence-corrected chi connectivity index (χ2v) is 6.72. The van der Waals surface area contributed by atoms with Gasteiger partial charge in [-0.15, -0.1) is 0 Å². The van der Waals surface area contributed by atoms with Crippen molar-refractivity contribution < 1.29 is 14.3 Å². The number of benzene rings is 1. The molecule has 3 heterocycles. The lowest BCUT2D eigenvalue weighted by atomic mass is 9.94. The van der Waals surface area contributed by atoms with Crippen LogP contribution in [-0.4, -0.2) is 48.7 Å². The molecule has 2 aliphatic heterocycles. The molecular formula is C20H23N3O3. The highest BCUT2D eigenvalue weighted by Crippen LogP contribution is 2.31. The Balaban J connectivity index is 1.56. The number of para-hydroxylation sites is 2. The molecule has 136 valence electrons. The summed E-state index contributed by atoms with van der Waals surface area (Å²) >= 11 is 0. The van der Waals surface area contributed by atoms with Gasteiger partial charge in [-0.25, -0.2) is 4.98 Å². The van der Waals surface area contributed by atoms with Gasteiger partial charge in [0.15, 0.2) is 0 Å². The van der Waals surface area contributed by atoms with Crippen LogP contribution in [0.4, 0.5) is 11.5 Å². The van der Waals surface area contributed by atoms with Gasteiger partial charge in [-0.3, -0.25) is 4.79 Å². The Morgan fingerprint density at radius 1 is 1.27 bits per heavy atom. The van der Waals surface area contributed by atoms with Crippen LogP contribution in [0.25, 0.3) is 0 Å². The number of hydrogen-bond acceptors (Lipinski definition) is 5. The van der Waals surface area contributed by atoms with Gasteiger partial charge in [0.25, 0.3) is 5.91 Å². The Labute approximate surface area is 153 Å². The molecule has 2 atom stereocenters. The van der Waals surface area contributed by atoms with Gasteiger partial charge in [-0.2, -0.15) is 0 Å². The summed E-state index contributed by atoms with van der Waals surface area (Å²) in [6, 6.07) is 11.2. The molecule has 0 bridgehead atoms. The molecule has 0 unspecified atom stereocenters. The van der Waals surface area contributed by atoms with Gasteiger partial charge >= 0.3 is 0 Å². The topological polar surface area (TPSA) is 63.7 Å². The minimum Gasteiger partial charge on any atom is -0.495 e. The van der Waals surface area contributed by atoms with Crippen LogP contribution >= 0.6 is 0 Å². The molecule has 6 nitrogen and oxygen atoms in total. The maximum Gasteiger partial charge on any atom is 0.257 e. The number of ether oxygens (including phenoxy) is 2. The number of nitrogens with zero attached hydrogens (tertiary/aromatic N) is 2. The molecule has 2 aromatic rings. The normalized spacial score (nSPS) is 22.0. The van der Waals surface area contributed by atoms with Gasteiger partial charge in [0.1, 0.15) is 11.6 Å². The molecule has 0 radical (unpaired) electrons. The lowest BCUT2D eigenvalue weighted by Gasteiger charge is -2.34. The first-order valence-corrected chi connectivity index (χ1v) is 9.02. The van der Waals surface area contributed by atoms with E-state index >= 15 is 0 Å². The van der Waals surface area contributed by atoms with E-state index in [1.165, 1.54) is 0 Å². The number of carbonyl (C=O) groups excluding carboxylic acids is 1. The maximum atomic E-state index is 13.1. The van der Waals surface area contributed by atoms with Crippen molar-refractivity contribution >= 4 is 17.4 Å². The van der Waals surface area contributed by atoms with Crippen LogP contribution in [0.5, 0.6) is 5.75 Å². The lowest BCUT2D eigenvalue weighted by molar-refractivity contribution is 0.0306. The zero-order chi connectivity index (χ0) is 17.9. The standard InChI is InChI=1S/C20H23N3O3/c1-25-18-7-3-2-6-16(18)22-19-15(5-4-10-21-19)20(24)23-11-8-17-14(13-23)9-12-26-17/h2-7,10,14,17H,8-9,11-13H2,1H3,(H,21,22)/t14-,17+/m0/s1. The van der Waals surface area contributed by atoms with Crippen LogP contribution in [0.15, 0.2) is 42.6 Å². The number of rotatable bonds is 4. The Bertz CT molecular complexity index is 795. The Morgan fingerprint density at radius 3 is 3.04 bits per heavy atom. The Morgan fingerprint density at radius 2 is 2.15 bits per heavy atom. The molecule has 2 saturated heterocycles. The highest BCUT2D eigenvalue weighted by atomic mass is 16.5. The minimum absolute atomic E-state index is 0.0147. The zero-order valence-corrected chi connectivity index (χ0v) is 14.9. The summed E-state index contributed by atoms with van der Waals surface area (Å²) in [7, 11) is 1.62. The van der Waals surface area contributed by atoms with E-state index in [0.29, 0.717) is 29.2 Å². The number of nitrogens with one attached hydrogen (secondary N) is 1. The van der Waals surface area contributed by atoms with E-state index in [-0.39, 0.29) is 5.91 Å². The molecule has 0 saturated carbocycles. The molecule has 0 aliphatic carbocycles. The molecule has 1 aromatic heterocycles. The lowest BCUT2D eigenvalue weighted by Crippen LogP contribution is -2.44. The molecule has 2 fully saturated rings. The van der Waals surface area contributed by atoms with E-state index in [4.69, 9.17) is 9.47 Å². The number of piperidine rings is 1. The second-order valence-electron chi connectivity index (χ2n) is 6.72. The Kier molecular flexibility index (Phi) is 4.75. The van der Waals surface area contributed by atoms with Gasteiger partial charge in [-0.1, -0.05) is 12.1 Å². The number of carbonyl (C=O) groups is 1. The first-order valence-electron chi connectivity index (χ1n) is 9.02. The van der Waals surface area contributed by atoms with Crippen molar-refractivity contribution in [2.45, 2.75) is 18.9 Å². The summed E-state index contributed by atoms with van der Waals surface area (Å²) in [6.07, 6.45) is 3.95. The predicted molar refractivity (Wildman–Crippen MR) is 98.9 cm³/mol. The summed E-state index contributed by atoms with van der Waals surface area (Å²) in [5.41, 5.74) is 1.36. The largest absolute Gasteiger partial charge is 0.495 e. The fourth-order valence-electron chi connectivity index (χ4n) is 3.79. The monoisotopic (exact) mass is 353 g/mol. The van der Waals surface area contributed by atoms with E-state index in [1.807, 2.05) is 35.2 Å². The van der Waals surface area contributed by atoms with Crippen molar-refractivity contribution in [3.05, 3.63) is 48.2 Å². The van der Waals surface area contributed by atoms with Crippen LogP contribution in [0, 0.1) is 5.92 Å². The quantitative estimate of drug-likeness (QED) is 0.915. The van der Waals surface area contributed by atoms with Gasteiger partial charge in [-0.05, 0) is 37.1 Å².